The van der Waals surface area contributed by atoms with Gasteiger partial charge in [-0.2, -0.15) is 0 Å². The number of aromatic nitrogens is 1. The molecule has 1 aromatic heterocycles. The smallest absolute Gasteiger partial charge is 0.258 e. The summed E-state index contributed by atoms with van der Waals surface area (Å²) in [6, 6.07) is 18.7. The third-order valence-electron chi connectivity index (χ3n) is 5.80. The first-order valence-electron chi connectivity index (χ1n) is 11.3. The molecule has 0 aliphatic carbocycles. The minimum atomic E-state index is -0.263. The van der Waals surface area contributed by atoms with Crippen molar-refractivity contribution >= 4 is 11.8 Å². The van der Waals surface area contributed by atoms with Crippen molar-refractivity contribution in [3.05, 3.63) is 83.7 Å². The SMILES string of the molecule is COc1ccc(C(=O)N(CC(=O)N(Cc2ccccc2)Cc2cccn2C)C(C)C)c(OC)c1. The lowest BCUT2D eigenvalue weighted by molar-refractivity contribution is -0.133. The maximum atomic E-state index is 13.6. The fourth-order valence-corrected chi connectivity index (χ4v) is 3.76. The molecule has 7 heteroatoms. The van der Waals surface area contributed by atoms with Crippen LogP contribution in [-0.2, 0) is 24.9 Å². The summed E-state index contributed by atoms with van der Waals surface area (Å²) < 4.78 is 12.7. The van der Waals surface area contributed by atoms with Crippen LogP contribution in [0, 0.1) is 0 Å². The van der Waals surface area contributed by atoms with E-state index in [2.05, 4.69) is 0 Å². The van der Waals surface area contributed by atoms with Crippen LogP contribution in [0.5, 0.6) is 11.5 Å². The van der Waals surface area contributed by atoms with E-state index in [9.17, 15) is 9.59 Å². The van der Waals surface area contributed by atoms with Crippen LogP contribution < -0.4 is 9.47 Å². The molecule has 0 unspecified atom stereocenters. The van der Waals surface area contributed by atoms with E-state index in [0.29, 0.717) is 30.2 Å². The molecule has 2 aromatic carbocycles. The predicted octanol–water partition coefficient (Wildman–Crippen LogP) is 4.12. The summed E-state index contributed by atoms with van der Waals surface area (Å²) in [6.45, 7) is 4.67. The van der Waals surface area contributed by atoms with Crippen LogP contribution in [0.2, 0.25) is 0 Å². The van der Waals surface area contributed by atoms with Crippen LogP contribution in [0.3, 0.4) is 0 Å². The second-order valence-electron chi connectivity index (χ2n) is 8.44. The Morgan fingerprint density at radius 3 is 2.26 bits per heavy atom. The summed E-state index contributed by atoms with van der Waals surface area (Å²) in [4.78, 5) is 30.4. The Bertz CT molecular complexity index is 1110. The largest absolute Gasteiger partial charge is 0.497 e. The summed E-state index contributed by atoms with van der Waals surface area (Å²) in [5, 5.41) is 0. The van der Waals surface area contributed by atoms with Crippen molar-refractivity contribution in [3.63, 3.8) is 0 Å². The van der Waals surface area contributed by atoms with Crippen LogP contribution in [0.1, 0.15) is 35.5 Å². The van der Waals surface area contributed by atoms with Gasteiger partial charge >= 0.3 is 0 Å². The number of aryl methyl sites for hydroxylation is 1. The van der Waals surface area contributed by atoms with E-state index in [1.165, 1.54) is 7.11 Å². The molecule has 34 heavy (non-hydrogen) atoms. The lowest BCUT2D eigenvalue weighted by Gasteiger charge is -2.30. The highest BCUT2D eigenvalue weighted by Crippen LogP contribution is 2.26. The molecule has 0 bridgehead atoms. The molecule has 0 aliphatic rings. The molecule has 0 N–H and O–H groups in total. The molecule has 0 spiro atoms. The van der Waals surface area contributed by atoms with Gasteiger partial charge in [0.2, 0.25) is 5.91 Å². The molecule has 0 radical (unpaired) electrons. The van der Waals surface area contributed by atoms with Gasteiger partial charge in [-0.3, -0.25) is 9.59 Å². The minimum Gasteiger partial charge on any atom is -0.497 e. The summed E-state index contributed by atoms with van der Waals surface area (Å²) in [6.07, 6.45) is 1.96. The van der Waals surface area contributed by atoms with Crippen molar-refractivity contribution in [2.24, 2.45) is 7.05 Å². The van der Waals surface area contributed by atoms with Gasteiger partial charge in [-0.1, -0.05) is 30.3 Å². The fourth-order valence-electron chi connectivity index (χ4n) is 3.76. The zero-order valence-corrected chi connectivity index (χ0v) is 20.5. The lowest BCUT2D eigenvalue weighted by Crippen LogP contribution is -2.45. The zero-order valence-electron chi connectivity index (χ0n) is 20.5. The molecular formula is C27H33N3O4. The van der Waals surface area contributed by atoms with Crippen molar-refractivity contribution < 1.29 is 19.1 Å². The van der Waals surface area contributed by atoms with Gasteiger partial charge in [-0.15, -0.1) is 0 Å². The van der Waals surface area contributed by atoms with E-state index in [1.807, 2.05) is 74.1 Å². The summed E-state index contributed by atoms with van der Waals surface area (Å²) in [5.74, 6) is 0.616. The van der Waals surface area contributed by atoms with Gasteiger partial charge in [0.25, 0.3) is 5.91 Å². The maximum absolute atomic E-state index is 13.6. The number of benzene rings is 2. The van der Waals surface area contributed by atoms with Crippen molar-refractivity contribution in [1.82, 2.24) is 14.4 Å². The number of ether oxygens (including phenoxy) is 2. The van der Waals surface area contributed by atoms with Gasteiger partial charge in [0.15, 0.2) is 0 Å². The molecule has 1 heterocycles. The molecule has 180 valence electrons. The molecular weight excluding hydrogens is 430 g/mol. The van der Waals surface area contributed by atoms with Gasteiger partial charge in [0, 0.05) is 37.6 Å². The normalized spacial score (nSPS) is 10.8. The van der Waals surface area contributed by atoms with Crippen LogP contribution in [0.15, 0.2) is 66.9 Å². The standard InChI is InChI=1S/C27H33N3O4/c1-20(2)30(27(32)24-14-13-23(33-4)16-25(24)34-5)19-26(31)29(17-21-10-7-6-8-11-21)18-22-12-9-15-28(22)3/h6-16,20H,17-19H2,1-5H3. The second kappa shape index (κ2) is 11.4. The monoisotopic (exact) mass is 463 g/mol. The first-order valence-corrected chi connectivity index (χ1v) is 11.3. The third kappa shape index (κ3) is 5.98. The Morgan fingerprint density at radius 1 is 0.941 bits per heavy atom. The van der Waals surface area contributed by atoms with Gasteiger partial charge in [-0.25, -0.2) is 0 Å². The van der Waals surface area contributed by atoms with Crippen LogP contribution >= 0.6 is 0 Å². The maximum Gasteiger partial charge on any atom is 0.258 e. The lowest BCUT2D eigenvalue weighted by atomic mass is 10.1. The van der Waals surface area contributed by atoms with Crippen molar-refractivity contribution in [3.8, 4) is 11.5 Å². The quantitative estimate of drug-likeness (QED) is 0.454. The molecule has 0 fully saturated rings. The van der Waals surface area contributed by atoms with Gasteiger partial charge < -0.3 is 23.8 Å². The molecule has 3 aromatic rings. The fraction of sp³-hybridized carbons (Fsp3) is 0.333. The topological polar surface area (TPSA) is 64.0 Å². The number of carbonyl (C=O) groups is 2. The average molecular weight is 464 g/mol. The Labute approximate surface area is 201 Å². The molecule has 0 atom stereocenters. The molecule has 0 aliphatic heterocycles. The molecule has 3 rings (SSSR count). The highest BCUT2D eigenvalue weighted by molar-refractivity contribution is 5.99. The summed E-state index contributed by atoms with van der Waals surface area (Å²) >= 11 is 0. The molecule has 0 saturated carbocycles. The minimum absolute atomic E-state index is 0.0388. The van der Waals surface area contributed by atoms with Crippen LogP contribution in [0.25, 0.3) is 0 Å². The highest BCUT2D eigenvalue weighted by Gasteiger charge is 2.27. The Kier molecular flexibility index (Phi) is 8.35. The van der Waals surface area contributed by atoms with Crippen LogP contribution in [-0.4, -0.2) is 53.0 Å². The number of methoxy groups -OCH3 is 2. The highest BCUT2D eigenvalue weighted by atomic mass is 16.5. The number of hydrogen-bond donors (Lipinski definition) is 0. The second-order valence-corrected chi connectivity index (χ2v) is 8.44. The zero-order chi connectivity index (χ0) is 24.7. The number of amides is 2. The first kappa shape index (κ1) is 24.9. The number of rotatable bonds is 10. The van der Waals surface area contributed by atoms with E-state index >= 15 is 0 Å². The van der Waals surface area contributed by atoms with Gasteiger partial charge in [0.1, 0.15) is 18.0 Å². The summed E-state index contributed by atoms with van der Waals surface area (Å²) in [7, 11) is 5.03. The number of carbonyl (C=O) groups excluding carboxylic acids is 2. The number of hydrogen-bond acceptors (Lipinski definition) is 4. The van der Waals surface area contributed by atoms with E-state index in [-0.39, 0.29) is 24.4 Å². The van der Waals surface area contributed by atoms with Crippen molar-refractivity contribution in [2.45, 2.75) is 33.0 Å². The van der Waals surface area contributed by atoms with Crippen molar-refractivity contribution in [2.75, 3.05) is 20.8 Å². The van der Waals surface area contributed by atoms with Gasteiger partial charge in [0.05, 0.1) is 26.3 Å². The van der Waals surface area contributed by atoms with Crippen molar-refractivity contribution in [1.29, 1.82) is 0 Å². The van der Waals surface area contributed by atoms with E-state index in [4.69, 9.17) is 9.47 Å². The Morgan fingerprint density at radius 2 is 1.68 bits per heavy atom. The van der Waals surface area contributed by atoms with Gasteiger partial charge in [-0.05, 0) is 43.7 Å². The third-order valence-corrected chi connectivity index (χ3v) is 5.80. The van der Waals surface area contributed by atoms with E-state index < -0.39 is 0 Å². The van der Waals surface area contributed by atoms with E-state index in [1.54, 1.807) is 35.1 Å². The molecule has 7 nitrogen and oxygen atoms in total. The van der Waals surface area contributed by atoms with E-state index in [0.717, 1.165) is 11.3 Å². The molecule has 0 saturated heterocycles. The molecule has 2 amide bonds. The van der Waals surface area contributed by atoms with Crippen LogP contribution in [0.4, 0.5) is 0 Å². The first-order chi connectivity index (χ1) is 16.3. The Hall–Kier alpha value is -3.74. The Balaban J connectivity index is 1.86. The predicted molar refractivity (Wildman–Crippen MR) is 132 cm³/mol. The average Bonchev–Trinajstić information content (AvgIpc) is 3.25. The summed E-state index contributed by atoms with van der Waals surface area (Å²) in [5.41, 5.74) is 2.44. The number of nitrogens with zero attached hydrogens (tertiary/aromatic N) is 3.